The Kier molecular flexibility index (Phi) is 4.40. The van der Waals surface area contributed by atoms with Crippen LogP contribution in [0.3, 0.4) is 0 Å². The Morgan fingerprint density at radius 2 is 1.93 bits per heavy atom. The molecule has 15 heavy (non-hydrogen) atoms. The fourth-order valence-electron chi connectivity index (χ4n) is 2.09. The zero-order valence-corrected chi connectivity index (χ0v) is 8.85. The second-order valence-corrected chi connectivity index (χ2v) is 4.30. The average molecular weight is 225 g/mol. The van der Waals surface area contributed by atoms with E-state index in [0.29, 0.717) is 12.8 Å². The predicted molar refractivity (Wildman–Crippen MR) is 51.5 cm³/mol. The molecule has 1 saturated carbocycles. The van der Waals surface area contributed by atoms with E-state index in [2.05, 4.69) is 5.32 Å². The maximum atomic E-state index is 12.6. The van der Waals surface area contributed by atoms with Crippen LogP contribution in [0.5, 0.6) is 0 Å². The molecule has 1 fully saturated rings. The van der Waals surface area contributed by atoms with Crippen molar-refractivity contribution in [3.63, 3.8) is 0 Å². The van der Waals surface area contributed by atoms with E-state index in [1.165, 1.54) is 0 Å². The van der Waals surface area contributed by atoms with Crippen LogP contribution in [-0.2, 0) is 0 Å². The second kappa shape index (κ2) is 5.16. The Labute approximate surface area is 87.9 Å². The van der Waals surface area contributed by atoms with Crippen LogP contribution >= 0.6 is 0 Å². The van der Waals surface area contributed by atoms with Gasteiger partial charge < -0.3 is 10.4 Å². The van der Waals surface area contributed by atoms with Crippen LogP contribution in [0, 0.1) is 5.92 Å². The van der Waals surface area contributed by atoms with Crippen molar-refractivity contribution < 1.29 is 18.3 Å². The molecular weight excluding hydrogens is 207 g/mol. The third-order valence-electron chi connectivity index (χ3n) is 2.86. The molecule has 1 rings (SSSR count). The number of aliphatic hydroxyl groups excluding tert-OH is 1. The van der Waals surface area contributed by atoms with E-state index < -0.39 is 24.2 Å². The lowest BCUT2D eigenvalue weighted by Crippen LogP contribution is -2.47. The number of nitrogens with one attached hydrogen (secondary N) is 1. The van der Waals surface area contributed by atoms with Gasteiger partial charge in [0.25, 0.3) is 0 Å². The monoisotopic (exact) mass is 225 g/mol. The topological polar surface area (TPSA) is 32.3 Å². The molecule has 2 N–H and O–H groups in total. The minimum Gasteiger partial charge on any atom is -0.392 e. The first-order chi connectivity index (χ1) is 6.91. The van der Waals surface area contributed by atoms with E-state index in [0.717, 1.165) is 6.42 Å². The smallest absolute Gasteiger partial charge is 0.392 e. The van der Waals surface area contributed by atoms with Crippen molar-refractivity contribution in [3.05, 3.63) is 0 Å². The van der Waals surface area contributed by atoms with E-state index in [1.807, 2.05) is 0 Å². The number of aliphatic hydroxyl groups is 1. The zero-order chi connectivity index (χ0) is 11.5. The van der Waals surface area contributed by atoms with Gasteiger partial charge in [0, 0.05) is 12.6 Å². The number of alkyl halides is 3. The van der Waals surface area contributed by atoms with Gasteiger partial charge in [0.15, 0.2) is 0 Å². The summed E-state index contributed by atoms with van der Waals surface area (Å²) in [5.74, 6) is -1.25. The molecule has 0 saturated heterocycles. The first-order valence-electron chi connectivity index (χ1n) is 5.39. The highest BCUT2D eigenvalue weighted by Crippen LogP contribution is 2.37. The van der Waals surface area contributed by atoms with Crippen LogP contribution in [-0.4, -0.2) is 30.0 Å². The molecule has 0 aromatic heterocycles. The predicted octanol–water partition coefficient (Wildman–Crippen LogP) is 2.08. The van der Waals surface area contributed by atoms with E-state index >= 15 is 0 Å². The highest BCUT2D eigenvalue weighted by atomic mass is 19.4. The van der Waals surface area contributed by atoms with Crippen molar-refractivity contribution in [2.75, 3.05) is 6.54 Å². The van der Waals surface area contributed by atoms with Gasteiger partial charge in [-0.05, 0) is 19.8 Å². The minimum atomic E-state index is -4.11. The minimum absolute atomic E-state index is 0.209. The summed E-state index contributed by atoms with van der Waals surface area (Å²) in [4.78, 5) is 0. The molecule has 0 heterocycles. The van der Waals surface area contributed by atoms with E-state index in [-0.39, 0.29) is 13.0 Å². The summed E-state index contributed by atoms with van der Waals surface area (Å²) in [6, 6.07) is -0.520. The summed E-state index contributed by atoms with van der Waals surface area (Å²) < 4.78 is 37.8. The van der Waals surface area contributed by atoms with Crippen molar-refractivity contribution in [2.45, 2.75) is 50.9 Å². The van der Waals surface area contributed by atoms with Crippen LogP contribution in [0.2, 0.25) is 0 Å². The van der Waals surface area contributed by atoms with Crippen molar-refractivity contribution in [3.8, 4) is 0 Å². The van der Waals surface area contributed by atoms with Gasteiger partial charge in [-0.1, -0.05) is 12.8 Å². The summed E-state index contributed by atoms with van der Waals surface area (Å²) in [6.07, 6.45) is -2.46. The highest BCUT2D eigenvalue weighted by Gasteiger charge is 2.45. The van der Waals surface area contributed by atoms with Gasteiger partial charge in [0.1, 0.15) is 0 Å². The molecular formula is C10H18F3NO. The lowest BCUT2D eigenvalue weighted by molar-refractivity contribution is -0.189. The summed E-state index contributed by atoms with van der Waals surface area (Å²) >= 11 is 0. The Hall–Kier alpha value is -0.290. The van der Waals surface area contributed by atoms with E-state index in [4.69, 9.17) is 5.11 Å². The van der Waals surface area contributed by atoms with Crippen LogP contribution in [0.1, 0.15) is 32.6 Å². The van der Waals surface area contributed by atoms with E-state index in [1.54, 1.807) is 6.92 Å². The third kappa shape index (κ3) is 3.99. The van der Waals surface area contributed by atoms with Crippen molar-refractivity contribution in [1.82, 2.24) is 5.32 Å². The van der Waals surface area contributed by atoms with Crippen molar-refractivity contribution >= 4 is 0 Å². The largest absolute Gasteiger partial charge is 0.393 e. The van der Waals surface area contributed by atoms with Gasteiger partial charge in [0.2, 0.25) is 0 Å². The fraction of sp³-hybridized carbons (Fsp3) is 1.00. The molecule has 2 nitrogen and oxygen atoms in total. The quantitative estimate of drug-likeness (QED) is 0.770. The number of hydrogen-bond donors (Lipinski definition) is 2. The molecule has 90 valence electrons. The van der Waals surface area contributed by atoms with Crippen molar-refractivity contribution in [1.29, 1.82) is 0 Å². The molecule has 0 aliphatic heterocycles. The molecule has 0 bridgehead atoms. The summed E-state index contributed by atoms with van der Waals surface area (Å²) in [7, 11) is 0. The lowest BCUT2D eigenvalue weighted by atomic mass is 9.84. The normalized spacial score (nSPS) is 30.2. The Morgan fingerprint density at radius 1 is 1.33 bits per heavy atom. The maximum absolute atomic E-state index is 12.6. The van der Waals surface area contributed by atoms with E-state index in [9.17, 15) is 13.2 Å². The molecule has 1 aliphatic carbocycles. The molecule has 1 aliphatic rings. The standard InChI is InChI=1S/C10H18F3NO/c1-7(15)6-14-9-5-3-2-4-8(9)10(11,12)13/h7-9,14-15H,2-6H2,1H3. The maximum Gasteiger partial charge on any atom is 0.393 e. The molecule has 0 spiro atoms. The van der Waals surface area contributed by atoms with Gasteiger partial charge in [-0.25, -0.2) is 0 Å². The lowest BCUT2D eigenvalue weighted by Gasteiger charge is -2.34. The molecule has 3 unspecified atom stereocenters. The number of halogens is 3. The molecule has 3 atom stereocenters. The van der Waals surface area contributed by atoms with Crippen molar-refractivity contribution in [2.24, 2.45) is 5.92 Å². The molecule has 0 aromatic rings. The van der Waals surface area contributed by atoms with Gasteiger partial charge in [0.05, 0.1) is 12.0 Å². The molecule has 0 amide bonds. The van der Waals surface area contributed by atoms with Gasteiger partial charge in [-0.2, -0.15) is 13.2 Å². The van der Waals surface area contributed by atoms with Crippen LogP contribution in [0.15, 0.2) is 0 Å². The second-order valence-electron chi connectivity index (χ2n) is 4.30. The Balaban J connectivity index is 2.50. The summed E-state index contributed by atoms with van der Waals surface area (Å²) in [6.45, 7) is 1.80. The molecule has 5 heteroatoms. The average Bonchev–Trinajstić information content (AvgIpc) is 2.13. The first-order valence-corrected chi connectivity index (χ1v) is 5.39. The third-order valence-corrected chi connectivity index (χ3v) is 2.86. The Bertz CT molecular complexity index is 194. The molecule has 0 radical (unpaired) electrons. The summed E-state index contributed by atoms with van der Waals surface area (Å²) in [5.41, 5.74) is 0. The van der Waals surface area contributed by atoms with Crippen LogP contribution < -0.4 is 5.32 Å². The highest BCUT2D eigenvalue weighted by molar-refractivity contribution is 4.85. The number of hydrogen-bond acceptors (Lipinski definition) is 2. The van der Waals surface area contributed by atoms with Gasteiger partial charge in [-0.3, -0.25) is 0 Å². The van der Waals surface area contributed by atoms with Crippen LogP contribution in [0.4, 0.5) is 13.2 Å². The fourth-order valence-corrected chi connectivity index (χ4v) is 2.09. The zero-order valence-electron chi connectivity index (χ0n) is 8.85. The number of rotatable bonds is 3. The van der Waals surface area contributed by atoms with Gasteiger partial charge in [-0.15, -0.1) is 0 Å². The SMILES string of the molecule is CC(O)CNC1CCCCC1C(F)(F)F. The summed E-state index contributed by atoms with van der Waals surface area (Å²) in [5, 5.41) is 11.8. The van der Waals surface area contributed by atoms with Crippen LogP contribution in [0.25, 0.3) is 0 Å². The van der Waals surface area contributed by atoms with Gasteiger partial charge >= 0.3 is 6.18 Å². The Morgan fingerprint density at radius 3 is 2.47 bits per heavy atom. The molecule has 0 aromatic carbocycles. The first kappa shape index (κ1) is 12.8.